The van der Waals surface area contributed by atoms with E-state index in [0.29, 0.717) is 0 Å². The van der Waals surface area contributed by atoms with Crippen molar-refractivity contribution < 1.29 is 39.5 Å². The molecule has 0 amide bonds. The van der Waals surface area contributed by atoms with Crippen molar-refractivity contribution in [3.63, 3.8) is 0 Å². The number of nitrogens with zero attached hydrogens (tertiary/aromatic N) is 4. The minimum atomic E-state index is -4.40. The molecule has 0 unspecified atom stereocenters. The van der Waals surface area contributed by atoms with Gasteiger partial charge in [0.25, 0.3) is 0 Å². The molecule has 1 aliphatic heterocycles. The minimum absolute atomic E-state index is 0.115. The topological polar surface area (TPSA) is 111 Å². The minimum Gasteiger partial charge on any atom is -0.470 e. The van der Waals surface area contributed by atoms with Crippen LogP contribution >= 0.6 is 0 Å². The van der Waals surface area contributed by atoms with Crippen LogP contribution in [0.25, 0.3) is 11.9 Å². The predicted octanol–water partition coefficient (Wildman–Crippen LogP) is 3.17. The molecule has 1 aromatic heterocycles. The van der Waals surface area contributed by atoms with Gasteiger partial charge < -0.3 is 10.5 Å². The number of guanidine groups is 1. The van der Waals surface area contributed by atoms with Crippen LogP contribution in [-0.4, -0.2) is 60.4 Å². The van der Waals surface area contributed by atoms with Gasteiger partial charge in [0.1, 0.15) is 17.1 Å². The number of hydrogen-bond acceptors (Lipinski definition) is 7. The van der Waals surface area contributed by atoms with Crippen molar-refractivity contribution in [2.24, 2.45) is 10.7 Å². The summed E-state index contributed by atoms with van der Waals surface area (Å²) in [4.78, 5) is 11.3. The number of hydrogen-bond donors (Lipinski definition) is 1. The molecule has 3 rings (SSSR count). The second-order valence-electron chi connectivity index (χ2n) is 7.79. The Morgan fingerprint density at radius 3 is 2.57 bits per heavy atom. The highest BCUT2D eigenvalue weighted by Gasteiger charge is 2.42. The first-order valence-corrected chi connectivity index (χ1v) is 11.4. The van der Waals surface area contributed by atoms with Gasteiger partial charge in [0.05, 0.1) is 18.1 Å². The monoisotopic (exact) mass is 523 g/mol. The lowest BCUT2D eigenvalue weighted by molar-refractivity contribution is -0.148. The van der Waals surface area contributed by atoms with Gasteiger partial charge in [-0.25, -0.2) is 45.2 Å². The fourth-order valence-corrected chi connectivity index (χ4v) is 4.55. The Morgan fingerprint density at radius 1 is 1.31 bits per heavy atom. The van der Waals surface area contributed by atoms with E-state index in [1.807, 2.05) is 0 Å². The second-order valence-corrected chi connectivity index (χ2v) is 9.79. The van der Waals surface area contributed by atoms with Crippen molar-refractivity contribution in [3.8, 4) is 5.88 Å². The zero-order chi connectivity index (χ0) is 26.2. The van der Waals surface area contributed by atoms with Gasteiger partial charge in [-0.15, -0.1) is 0 Å². The van der Waals surface area contributed by atoms with Crippen LogP contribution in [0.15, 0.2) is 35.6 Å². The third-order valence-corrected chi connectivity index (χ3v) is 6.98. The third kappa shape index (κ3) is 5.66. The molecular weight excluding hydrogens is 504 g/mol. The molecule has 2 aromatic rings. The summed E-state index contributed by atoms with van der Waals surface area (Å²) in [5, 5.41) is 0. The van der Waals surface area contributed by atoms with Gasteiger partial charge >= 0.3 is 12.3 Å². The lowest BCUT2D eigenvalue weighted by Gasteiger charge is -2.34. The van der Waals surface area contributed by atoms with Gasteiger partial charge in [0.2, 0.25) is 21.9 Å². The van der Waals surface area contributed by atoms with Crippen molar-refractivity contribution in [1.82, 2.24) is 14.3 Å². The van der Waals surface area contributed by atoms with E-state index in [0.717, 1.165) is 28.8 Å². The van der Waals surface area contributed by atoms with E-state index in [1.165, 1.54) is 26.1 Å². The molecule has 0 bridgehead atoms. The van der Waals surface area contributed by atoms with Crippen molar-refractivity contribution in [3.05, 3.63) is 53.2 Å². The first-order valence-electron chi connectivity index (χ1n) is 9.75. The van der Waals surface area contributed by atoms with Crippen LogP contribution in [0.1, 0.15) is 23.7 Å². The number of nitrogens with two attached hydrogens (primary N) is 1. The molecule has 1 atom stereocenters. The zero-order valence-corrected chi connectivity index (χ0v) is 19.0. The van der Waals surface area contributed by atoms with Gasteiger partial charge in [-0.2, -0.15) is 8.78 Å². The smallest absolute Gasteiger partial charge is 0.340 e. The summed E-state index contributed by atoms with van der Waals surface area (Å²) >= 11 is 0. The Hall–Kier alpha value is -3.36. The summed E-state index contributed by atoms with van der Waals surface area (Å²) in [6, 6.07) is 3.42. The molecule has 15 heteroatoms. The molecule has 1 aromatic carbocycles. The van der Waals surface area contributed by atoms with E-state index in [1.54, 1.807) is 0 Å². The molecule has 0 aliphatic carbocycles. The van der Waals surface area contributed by atoms with Gasteiger partial charge in [-0.3, -0.25) is 0 Å². The van der Waals surface area contributed by atoms with E-state index in [-0.39, 0.29) is 22.8 Å². The molecule has 0 saturated carbocycles. The number of rotatable bonds is 7. The van der Waals surface area contributed by atoms with Gasteiger partial charge in [0, 0.05) is 12.6 Å². The number of ether oxygens (including phenoxy) is 1. The van der Waals surface area contributed by atoms with E-state index < -0.39 is 57.8 Å². The van der Waals surface area contributed by atoms with Crippen LogP contribution in [0.5, 0.6) is 5.88 Å². The van der Waals surface area contributed by atoms with Gasteiger partial charge in [0.15, 0.2) is 12.4 Å². The lowest BCUT2D eigenvalue weighted by atomic mass is 9.92. The van der Waals surface area contributed by atoms with E-state index >= 15 is 0 Å². The van der Waals surface area contributed by atoms with E-state index in [2.05, 4.69) is 19.7 Å². The molecule has 0 fully saturated rings. The Balaban J connectivity index is 1.85. The first kappa shape index (κ1) is 26.2. The molecule has 2 N–H and O–H groups in total. The quantitative estimate of drug-likeness (QED) is 0.559. The summed E-state index contributed by atoms with van der Waals surface area (Å²) in [7, 11) is -2.67. The maximum Gasteiger partial charge on any atom is 0.340 e. The highest BCUT2D eigenvalue weighted by Crippen LogP contribution is 2.34. The Morgan fingerprint density at radius 2 is 2.00 bits per heavy atom. The van der Waals surface area contributed by atoms with Crippen LogP contribution in [0.4, 0.5) is 26.3 Å². The molecular formula is C20H19F6N5O3S. The average Bonchev–Trinajstić information content (AvgIpc) is 2.77. The molecule has 0 spiro atoms. The summed E-state index contributed by atoms with van der Waals surface area (Å²) in [6.07, 6.45) is -1.41. The molecule has 8 nitrogen and oxygen atoms in total. The van der Waals surface area contributed by atoms with Gasteiger partial charge in [-0.1, -0.05) is 6.07 Å². The Bertz CT molecular complexity index is 1270. The number of benzene rings is 1. The first-order chi connectivity index (χ1) is 16.1. The molecule has 0 saturated heterocycles. The second kappa shape index (κ2) is 9.36. The maximum atomic E-state index is 14.7. The molecule has 35 heavy (non-hydrogen) atoms. The largest absolute Gasteiger partial charge is 0.470 e. The summed E-state index contributed by atoms with van der Waals surface area (Å²) in [6.45, 7) is -0.277. The molecule has 0 radical (unpaired) electrons. The Labute approximate surface area is 196 Å². The standard InChI is InChI=1S/C20H19F6N5O3S/c1-19(10-35(32,33)31(2)18(27)30-19)12-5-11(3-4-13(12)21)6-14(22)15-7-29-16(8-28-15)34-9-20(25,26)17(23)24/h3-8,17H,9-10H2,1-2H3,(H2,27,30)/b14-6-/t19-/m0/s1. The third-order valence-electron chi connectivity index (χ3n) is 5.03. The summed E-state index contributed by atoms with van der Waals surface area (Å²) in [5.41, 5.74) is 3.71. The van der Waals surface area contributed by atoms with Crippen molar-refractivity contribution >= 4 is 27.9 Å². The van der Waals surface area contributed by atoms with Crippen LogP contribution < -0.4 is 10.5 Å². The number of aliphatic imine (C=N–C) groups is 1. The van der Waals surface area contributed by atoms with E-state index in [9.17, 15) is 34.8 Å². The fraction of sp³-hybridized carbons (Fsp3) is 0.350. The van der Waals surface area contributed by atoms with Crippen molar-refractivity contribution in [2.75, 3.05) is 19.4 Å². The van der Waals surface area contributed by atoms with Crippen LogP contribution in [0.3, 0.4) is 0 Å². The zero-order valence-electron chi connectivity index (χ0n) is 18.2. The number of halogens is 6. The van der Waals surface area contributed by atoms with Crippen LogP contribution in [0.2, 0.25) is 0 Å². The number of aromatic nitrogens is 2. The highest BCUT2D eigenvalue weighted by atomic mass is 32.2. The molecule has 2 heterocycles. The average molecular weight is 523 g/mol. The molecule has 1 aliphatic rings. The Kier molecular flexibility index (Phi) is 7.02. The lowest BCUT2D eigenvalue weighted by Crippen LogP contribution is -2.50. The summed E-state index contributed by atoms with van der Waals surface area (Å²) < 4.78 is 109. The van der Waals surface area contributed by atoms with Crippen molar-refractivity contribution in [2.45, 2.75) is 24.8 Å². The molecule has 190 valence electrons. The van der Waals surface area contributed by atoms with Crippen LogP contribution in [-0.2, 0) is 15.6 Å². The predicted molar refractivity (Wildman–Crippen MR) is 114 cm³/mol. The van der Waals surface area contributed by atoms with Gasteiger partial charge in [-0.05, 0) is 30.7 Å². The van der Waals surface area contributed by atoms with Crippen molar-refractivity contribution in [1.29, 1.82) is 0 Å². The highest BCUT2D eigenvalue weighted by molar-refractivity contribution is 7.89. The van der Waals surface area contributed by atoms with E-state index in [4.69, 9.17) is 5.73 Å². The number of alkyl halides is 4. The van der Waals surface area contributed by atoms with Crippen LogP contribution in [0, 0.1) is 5.82 Å². The number of sulfonamides is 1. The fourth-order valence-electron chi connectivity index (χ4n) is 3.10. The summed E-state index contributed by atoms with van der Waals surface area (Å²) in [5.74, 6) is -7.61. The maximum absolute atomic E-state index is 14.7. The SMILES string of the molecule is CN1C(N)=N[C@](C)(c2cc(/C=C(\F)c3cnc(OCC(F)(F)C(F)F)cn3)ccc2F)CS1(=O)=O. The normalized spacial score (nSPS) is 20.7.